The number of hydrogen-bond donors (Lipinski definition) is 1. The third kappa shape index (κ3) is 3.88. The standard InChI is InChI=1S/C15H22O3S/c1-12-3-4-13(2)14(7-12)18-5-6-19-11-15(8-16)9-17-10-15/h3-4,7,16H,5-6,8-11H2,1-2H3. The summed E-state index contributed by atoms with van der Waals surface area (Å²) in [4.78, 5) is 0. The highest BCUT2D eigenvalue weighted by Crippen LogP contribution is 2.30. The summed E-state index contributed by atoms with van der Waals surface area (Å²) in [7, 11) is 0. The fourth-order valence-corrected chi connectivity index (χ4v) is 3.01. The van der Waals surface area contributed by atoms with Crippen LogP contribution in [-0.4, -0.2) is 43.0 Å². The molecule has 106 valence electrons. The fraction of sp³-hybridized carbons (Fsp3) is 0.600. The minimum atomic E-state index is 0.00389. The molecule has 0 atom stereocenters. The first-order chi connectivity index (χ1) is 9.15. The maximum absolute atomic E-state index is 9.31. The van der Waals surface area contributed by atoms with E-state index in [9.17, 15) is 5.11 Å². The van der Waals surface area contributed by atoms with Crippen molar-refractivity contribution in [2.24, 2.45) is 5.41 Å². The van der Waals surface area contributed by atoms with Crippen LogP contribution >= 0.6 is 11.8 Å². The highest BCUT2D eigenvalue weighted by atomic mass is 32.2. The van der Waals surface area contributed by atoms with Crippen molar-refractivity contribution in [2.75, 3.05) is 37.9 Å². The van der Waals surface area contributed by atoms with Crippen LogP contribution in [0.25, 0.3) is 0 Å². The maximum atomic E-state index is 9.31. The Morgan fingerprint density at radius 2 is 2.16 bits per heavy atom. The zero-order valence-electron chi connectivity index (χ0n) is 11.6. The molecule has 0 radical (unpaired) electrons. The van der Waals surface area contributed by atoms with Gasteiger partial charge in [-0.3, -0.25) is 0 Å². The Labute approximate surface area is 119 Å². The Hall–Kier alpha value is -0.710. The van der Waals surface area contributed by atoms with Gasteiger partial charge in [-0.25, -0.2) is 0 Å². The first-order valence-electron chi connectivity index (χ1n) is 6.62. The van der Waals surface area contributed by atoms with Crippen LogP contribution in [0.3, 0.4) is 0 Å². The first-order valence-corrected chi connectivity index (χ1v) is 7.77. The van der Waals surface area contributed by atoms with E-state index in [1.165, 1.54) is 11.1 Å². The molecule has 0 unspecified atom stereocenters. The highest BCUT2D eigenvalue weighted by Gasteiger charge is 2.37. The number of aryl methyl sites for hydroxylation is 2. The molecule has 19 heavy (non-hydrogen) atoms. The van der Waals surface area contributed by atoms with Gasteiger partial charge in [-0.05, 0) is 31.0 Å². The molecule has 1 aliphatic heterocycles. The van der Waals surface area contributed by atoms with Gasteiger partial charge in [0.2, 0.25) is 0 Å². The summed E-state index contributed by atoms with van der Waals surface area (Å²) in [6, 6.07) is 6.26. The average molecular weight is 282 g/mol. The Kier molecular flexibility index (Phi) is 5.13. The SMILES string of the molecule is Cc1ccc(C)c(OCCSCC2(CO)COC2)c1. The molecule has 1 heterocycles. The summed E-state index contributed by atoms with van der Waals surface area (Å²) in [5, 5.41) is 9.31. The molecule has 0 aromatic heterocycles. The van der Waals surface area contributed by atoms with Crippen molar-refractivity contribution in [3.63, 3.8) is 0 Å². The Balaban J connectivity index is 1.68. The van der Waals surface area contributed by atoms with Crippen molar-refractivity contribution in [3.05, 3.63) is 29.3 Å². The molecular weight excluding hydrogens is 260 g/mol. The molecule has 3 nitrogen and oxygen atoms in total. The largest absolute Gasteiger partial charge is 0.492 e. The average Bonchev–Trinajstić information content (AvgIpc) is 2.36. The third-order valence-corrected chi connectivity index (χ3v) is 4.66. The predicted molar refractivity (Wildman–Crippen MR) is 79.1 cm³/mol. The Bertz CT molecular complexity index is 410. The summed E-state index contributed by atoms with van der Waals surface area (Å²) < 4.78 is 11.0. The highest BCUT2D eigenvalue weighted by molar-refractivity contribution is 7.99. The van der Waals surface area contributed by atoms with E-state index < -0.39 is 0 Å². The molecule has 0 spiro atoms. The van der Waals surface area contributed by atoms with Crippen molar-refractivity contribution in [2.45, 2.75) is 13.8 Å². The number of ether oxygens (including phenoxy) is 2. The van der Waals surface area contributed by atoms with Crippen LogP contribution in [-0.2, 0) is 4.74 Å². The summed E-state index contributed by atoms with van der Waals surface area (Å²) in [5.41, 5.74) is 2.40. The summed E-state index contributed by atoms with van der Waals surface area (Å²) in [6.45, 7) is 6.44. The van der Waals surface area contributed by atoms with E-state index in [-0.39, 0.29) is 12.0 Å². The van der Waals surface area contributed by atoms with Crippen LogP contribution in [0.5, 0.6) is 5.75 Å². The molecule has 1 saturated heterocycles. The lowest BCUT2D eigenvalue weighted by Crippen LogP contribution is -2.47. The van der Waals surface area contributed by atoms with Gasteiger partial charge < -0.3 is 14.6 Å². The number of aliphatic hydroxyl groups is 1. The molecule has 0 saturated carbocycles. The van der Waals surface area contributed by atoms with Crippen LogP contribution in [0, 0.1) is 19.3 Å². The minimum Gasteiger partial charge on any atom is -0.492 e. The van der Waals surface area contributed by atoms with E-state index in [0.717, 1.165) is 17.3 Å². The van der Waals surface area contributed by atoms with Gasteiger partial charge in [0.1, 0.15) is 5.75 Å². The molecule has 0 amide bonds. The molecule has 1 fully saturated rings. The van der Waals surface area contributed by atoms with E-state index in [4.69, 9.17) is 9.47 Å². The third-order valence-electron chi connectivity index (χ3n) is 3.39. The van der Waals surface area contributed by atoms with Gasteiger partial charge in [0.05, 0.1) is 26.4 Å². The number of hydrogen-bond acceptors (Lipinski definition) is 4. The van der Waals surface area contributed by atoms with Crippen LogP contribution in [0.2, 0.25) is 0 Å². The molecule has 1 aromatic rings. The second kappa shape index (κ2) is 6.64. The van der Waals surface area contributed by atoms with Crippen molar-refractivity contribution in [1.29, 1.82) is 0 Å². The Morgan fingerprint density at radius 1 is 1.37 bits per heavy atom. The lowest BCUT2D eigenvalue weighted by molar-refractivity contribution is -0.121. The normalized spacial score (nSPS) is 17.0. The fourth-order valence-electron chi connectivity index (χ4n) is 1.97. The van der Waals surface area contributed by atoms with Crippen LogP contribution < -0.4 is 4.74 Å². The zero-order chi connectivity index (χ0) is 13.7. The number of benzene rings is 1. The van der Waals surface area contributed by atoms with Gasteiger partial charge in [0.15, 0.2) is 0 Å². The van der Waals surface area contributed by atoms with Gasteiger partial charge in [0, 0.05) is 16.9 Å². The molecule has 0 bridgehead atoms. The van der Waals surface area contributed by atoms with Crippen LogP contribution in [0.1, 0.15) is 11.1 Å². The molecule has 1 aromatic carbocycles. The molecule has 0 aliphatic carbocycles. The van der Waals surface area contributed by atoms with Crippen molar-refractivity contribution in [1.82, 2.24) is 0 Å². The van der Waals surface area contributed by atoms with E-state index in [1.807, 2.05) is 11.8 Å². The molecule has 1 N–H and O–H groups in total. The van der Waals surface area contributed by atoms with Gasteiger partial charge in [-0.1, -0.05) is 12.1 Å². The van der Waals surface area contributed by atoms with Crippen LogP contribution in [0.15, 0.2) is 18.2 Å². The topological polar surface area (TPSA) is 38.7 Å². The summed E-state index contributed by atoms with van der Waals surface area (Å²) in [6.07, 6.45) is 0. The molecule has 2 rings (SSSR count). The van der Waals surface area contributed by atoms with Gasteiger partial charge in [0.25, 0.3) is 0 Å². The molecule has 4 heteroatoms. The predicted octanol–water partition coefficient (Wildman–Crippen LogP) is 2.42. The van der Waals surface area contributed by atoms with Crippen molar-refractivity contribution >= 4 is 11.8 Å². The quantitative estimate of drug-likeness (QED) is 0.780. The van der Waals surface area contributed by atoms with Crippen molar-refractivity contribution in [3.8, 4) is 5.75 Å². The maximum Gasteiger partial charge on any atom is 0.122 e. The lowest BCUT2D eigenvalue weighted by Gasteiger charge is -2.39. The monoisotopic (exact) mass is 282 g/mol. The number of thioether (sulfide) groups is 1. The minimum absolute atomic E-state index is 0.00389. The van der Waals surface area contributed by atoms with Gasteiger partial charge >= 0.3 is 0 Å². The first kappa shape index (κ1) is 14.7. The second-order valence-electron chi connectivity index (χ2n) is 5.32. The smallest absolute Gasteiger partial charge is 0.122 e. The molecule has 1 aliphatic rings. The van der Waals surface area contributed by atoms with Gasteiger partial charge in [-0.15, -0.1) is 0 Å². The van der Waals surface area contributed by atoms with E-state index in [0.29, 0.717) is 19.8 Å². The zero-order valence-corrected chi connectivity index (χ0v) is 12.5. The summed E-state index contributed by atoms with van der Waals surface area (Å²) >= 11 is 1.82. The summed E-state index contributed by atoms with van der Waals surface area (Å²) in [5.74, 6) is 2.86. The Morgan fingerprint density at radius 3 is 2.79 bits per heavy atom. The molecular formula is C15H22O3S. The number of rotatable bonds is 7. The van der Waals surface area contributed by atoms with Crippen molar-refractivity contribution < 1.29 is 14.6 Å². The lowest BCUT2D eigenvalue weighted by atomic mass is 9.90. The van der Waals surface area contributed by atoms with E-state index in [2.05, 4.69) is 32.0 Å². The van der Waals surface area contributed by atoms with Crippen LogP contribution in [0.4, 0.5) is 0 Å². The number of aliphatic hydroxyl groups excluding tert-OH is 1. The van der Waals surface area contributed by atoms with Gasteiger partial charge in [-0.2, -0.15) is 11.8 Å². The second-order valence-corrected chi connectivity index (χ2v) is 6.43. The van der Waals surface area contributed by atoms with E-state index >= 15 is 0 Å². The van der Waals surface area contributed by atoms with E-state index in [1.54, 1.807) is 0 Å².